The average molecular weight is 524 g/mol. The third kappa shape index (κ3) is 14.5. The van der Waals surface area contributed by atoms with E-state index in [9.17, 15) is 24.0 Å². The van der Waals surface area contributed by atoms with Gasteiger partial charge in [0.15, 0.2) is 5.78 Å². The van der Waals surface area contributed by atoms with Gasteiger partial charge in [0.1, 0.15) is 6.04 Å². The molecular weight excluding hydrogens is 474 g/mol. The molecule has 0 fully saturated rings. The number of amides is 4. The molecule has 5 N–H and O–H groups in total. The number of nitrogens with one attached hydrogen (secondary N) is 5. The second kappa shape index (κ2) is 18.5. The zero-order valence-electron chi connectivity index (χ0n) is 23.9. The monoisotopic (exact) mass is 523 g/mol. The van der Waals surface area contributed by atoms with Crippen LogP contribution in [-0.2, 0) is 24.0 Å². The molecule has 0 aliphatic rings. The molecule has 0 heterocycles. The molecule has 0 rings (SSSR count). The SMILES string of the molecule is C/C=C/C(=O)NCCCCC(NC(=O)CNC(=O)C(CC(C)C)NC(=O)C(NC)C(C)C)C(=O)C(C)C. The number of likely N-dealkylation sites (N-methyl/N-ethyl adjacent to an activating group) is 1. The van der Waals surface area contributed by atoms with E-state index in [0.29, 0.717) is 32.2 Å². The molecule has 37 heavy (non-hydrogen) atoms. The lowest BCUT2D eigenvalue weighted by atomic mass is 9.97. The van der Waals surface area contributed by atoms with Crippen LogP contribution < -0.4 is 26.6 Å². The zero-order valence-corrected chi connectivity index (χ0v) is 23.9. The van der Waals surface area contributed by atoms with Gasteiger partial charge in [0, 0.05) is 12.5 Å². The lowest BCUT2D eigenvalue weighted by Crippen LogP contribution is -2.55. The van der Waals surface area contributed by atoms with E-state index in [1.807, 2.05) is 27.7 Å². The molecule has 0 aromatic carbocycles. The molecule has 10 heteroatoms. The van der Waals surface area contributed by atoms with Gasteiger partial charge in [-0.1, -0.05) is 47.6 Å². The number of ketones is 1. The van der Waals surface area contributed by atoms with Crippen molar-refractivity contribution in [1.29, 1.82) is 0 Å². The van der Waals surface area contributed by atoms with Crippen molar-refractivity contribution < 1.29 is 24.0 Å². The first-order valence-corrected chi connectivity index (χ1v) is 13.3. The van der Waals surface area contributed by atoms with Crippen LogP contribution in [0.25, 0.3) is 0 Å². The van der Waals surface area contributed by atoms with Gasteiger partial charge in [-0.15, -0.1) is 0 Å². The largest absolute Gasteiger partial charge is 0.353 e. The van der Waals surface area contributed by atoms with Crippen LogP contribution in [0.15, 0.2) is 12.2 Å². The number of unbranched alkanes of at least 4 members (excludes halogenated alkanes) is 1. The van der Waals surface area contributed by atoms with Crippen molar-refractivity contribution in [2.45, 2.75) is 92.3 Å². The summed E-state index contributed by atoms with van der Waals surface area (Å²) in [5.74, 6) is -1.52. The molecule has 0 aliphatic heterocycles. The lowest BCUT2D eigenvalue weighted by Gasteiger charge is -2.25. The Morgan fingerprint density at radius 1 is 0.811 bits per heavy atom. The molecule has 0 aliphatic carbocycles. The second-order valence-electron chi connectivity index (χ2n) is 10.4. The predicted octanol–water partition coefficient (Wildman–Crippen LogP) is 1.45. The molecular formula is C27H49N5O5. The van der Waals surface area contributed by atoms with Crippen molar-refractivity contribution in [2.75, 3.05) is 20.1 Å². The van der Waals surface area contributed by atoms with Crippen LogP contribution in [0, 0.1) is 17.8 Å². The molecule has 0 saturated carbocycles. The molecule has 3 unspecified atom stereocenters. The normalized spacial score (nSPS) is 13.9. The number of Topliss-reactive ketones (excluding diaryl/α,β-unsaturated/α-hetero) is 1. The zero-order chi connectivity index (χ0) is 28.5. The Kier molecular flexibility index (Phi) is 17.1. The smallest absolute Gasteiger partial charge is 0.243 e. The van der Waals surface area contributed by atoms with Crippen molar-refractivity contribution in [3.8, 4) is 0 Å². The van der Waals surface area contributed by atoms with Crippen molar-refractivity contribution in [3.05, 3.63) is 12.2 Å². The fourth-order valence-electron chi connectivity index (χ4n) is 3.85. The summed E-state index contributed by atoms with van der Waals surface area (Å²) in [5, 5.41) is 13.9. The van der Waals surface area contributed by atoms with E-state index in [1.165, 1.54) is 6.08 Å². The van der Waals surface area contributed by atoms with Crippen LogP contribution >= 0.6 is 0 Å². The predicted molar refractivity (Wildman–Crippen MR) is 146 cm³/mol. The van der Waals surface area contributed by atoms with E-state index in [2.05, 4.69) is 26.6 Å². The Morgan fingerprint density at radius 2 is 1.46 bits per heavy atom. The first kappa shape index (κ1) is 34.2. The van der Waals surface area contributed by atoms with E-state index in [4.69, 9.17) is 0 Å². The van der Waals surface area contributed by atoms with Gasteiger partial charge >= 0.3 is 0 Å². The van der Waals surface area contributed by atoms with E-state index < -0.39 is 29.9 Å². The lowest BCUT2D eigenvalue weighted by molar-refractivity contribution is -0.132. The number of hydrogen-bond acceptors (Lipinski definition) is 6. The highest BCUT2D eigenvalue weighted by Gasteiger charge is 2.28. The summed E-state index contributed by atoms with van der Waals surface area (Å²) in [4.78, 5) is 62.2. The van der Waals surface area contributed by atoms with Gasteiger partial charge in [-0.3, -0.25) is 24.0 Å². The summed E-state index contributed by atoms with van der Waals surface area (Å²) < 4.78 is 0. The quantitative estimate of drug-likeness (QED) is 0.136. The molecule has 10 nitrogen and oxygen atoms in total. The van der Waals surface area contributed by atoms with Crippen molar-refractivity contribution in [1.82, 2.24) is 26.6 Å². The summed E-state index contributed by atoms with van der Waals surface area (Å²) in [6, 6.07) is -1.89. The fraction of sp³-hybridized carbons (Fsp3) is 0.741. The summed E-state index contributed by atoms with van der Waals surface area (Å²) in [6.07, 6.45) is 5.26. The van der Waals surface area contributed by atoms with Crippen LogP contribution in [-0.4, -0.2) is 67.7 Å². The maximum Gasteiger partial charge on any atom is 0.243 e. The number of carbonyl (C=O) groups is 5. The highest BCUT2D eigenvalue weighted by Crippen LogP contribution is 2.09. The van der Waals surface area contributed by atoms with Crippen LogP contribution in [0.3, 0.4) is 0 Å². The number of allylic oxidation sites excluding steroid dienone is 1. The number of hydrogen-bond donors (Lipinski definition) is 5. The molecule has 0 bridgehead atoms. The summed E-state index contributed by atoms with van der Waals surface area (Å²) in [5.41, 5.74) is 0. The van der Waals surface area contributed by atoms with Crippen molar-refractivity contribution in [3.63, 3.8) is 0 Å². The topological polar surface area (TPSA) is 146 Å². The van der Waals surface area contributed by atoms with Crippen molar-refractivity contribution in [2.24, 2.45) is 17.8 Å². The van der Waals surface area contributed by atoms with Gasteiger partial charge in [-0.25, -0.2) is 0 Å². The molecule has 0 radical (unpaired) electrons. The first-order valence-electron chi connectivity index (χ1n) is 13.3. The Hall–Kier alpha value is -2.75. The van der Waals surface area contributed by atoms with E-state index >= 15 is 0 Å². The standard InChI is InChI=1S/C27H49N5O5/c1-9-12-22(33)29-14-11-10-13-20(25(35)19(6)7)31-23(34)16-30-26(36)21(15-17(2)3)32-27(37)24(28-8)18(4)5/h9,12,17-21,24,28H,10-11,13-16H2,1-8H3,(H,29,33)(H,30,36)(H,31,34)(H,32,37)/b12-9+. The average Bonchev–Trinajstić information content (AvgIpc) is 2.80. The second-order valence-corrected chi connectivity index (χ2v) is 10.4. The Bertz CT molecular complexity index is 779. The highest BCUT2D eigenvalue weighted by atomic mass is 16.2. The minimum atomic E-state index is -0.777. The minimum Gasteiger partial charge on any atom is -0.353 e. The molecule has 212 valence electrons. The number of carbonyl (C=O) groups excluding carboxylic acids is 5. The number of rotatable bonds is 18. The Labute approximate surface area is 222 Å². The molecule has 0 aromatic rings. The minimum absolute atomic E-state index is 0.0402. The van der Waals surface area contributed by atoms with Gasteiger partial charge < -0.3 is 26.6 Å². The molecule has 3 atom stereocenters. The maximum absolute atomic E-state index is 12.8. The van der Waals surface area contributed by atoms with Gasteiger partial charge in [-0.05, 0) is 57.6 Å². The van der Waals surface area contributed by atoms with E-state index in [0.717, 1.165) is 0 Å². The van der Waals surface area contributed by atoms with Crippen LogP contribution in [0.5, 0.6) is 0 Å². The fourth-order valence-corrected chi connectivity index (χ4v) is 3.85. The van der Waals surface area contributed by atoms with Crippen LogP contribution in [0.4, 0.5) is 0 Å². The van der Waals surface area contributed by atoms with Gasteiger partial charge in [-0.2, -0.15) is 0 Å². The summed E-state index contributed by atoms with van der Waals surface area (Å²) in [7, 11) is 1.70. The third-order valence-corrected chi connectivity index (χ3v) is 5.81. The summed E-state index contributed by atoms with van der Waals surface area (Å²) in [6.45, 7) is 13.2. The summed E-state index contributed by atoms with van der Waals surface area (Å²) >= 11 is 0. The molecule has 0 saturated heterocycles. The Balaban J connectivity index is 4.98. The molecule has 0 aromatic heterocycles. The van der Waals surface area contributed by atoms with Crippen LogP contribution in [0.2, 0.25) is 0 Å². The van der Waals surface area contributed by atoms with E-state index in [1.54, 1.807) is 33.9 Å². The third-order valence-electron chi connectivity index (χ3n) is 5.81. The van der Waals surface area contributed by atoms with Gasteiger partial charge in [0.05, 0.1) is 18.6 Å². The first-order chi connectivity index (χ1) is 17.3. The van der Waals surface area contributed by atoms with Gasteiger partial charge in [0.25, 0.3) is 0 Å². The molecule has 0 spiro atoms. The van der Waals surface area contributed by atoms with Gasteiger partial charge in [0.2, 0.25) is 23.6 Å². The van der Waals surface area contributed by atoms with E-state index in [-0.39, 0.29) is 41.9 Å². The highest BCUT2D eigenvalue weighted by molar-refractivity contribution is 5.94. The van der Waals surface area contributed by atoms with Crippen molar-refractivity contribution >= 4 is 29.4 Å². The molecule has 4 amide bonds. The Morgan fingerprint density at radius 3 is 1.97 bits per heavy atom. The van der Waals surface area contributed by atoms with Crippen LogP contribution in [0.1, 0.15) is 74.1 Å². The maximum atomic E-state index is 12.8.